The molecular formula is C13H16BrNOS. The highest BCUT2D eigenvalue weighted by Gasteiger charge is 2.29. The van der Waals surface area contributed by atoms with E-state index in [1.807, 2.05) is 12.1 Å². The van der Waals surface area contributed by atoms with Crippen molar-refractivity contribution in [3.05, 3.63) is 29.8 Å². The van der Waals surface area contributed by atoms with Crippen molar-refractivity contribution in [1.29, 1.82) is 0 Å². The molecule has 1 heterocycles. The number of thioether (sulfide) groups is 1. The summed E-state index contributed by atoms with van der Waals surface area (Å²) in [5.74, 6) is 1.04. The first-order chi connectivity index (χ1) is 8.26. The van der Waals surface area contributed by atoms with Gasteiger partial charge in [-0.05, 0) is 18.1 Å². The lowest BCUT2D eigenvalue weighted by molar-refractivity contribution is -0.122. The molecule has 17 heavy (non-hydrogen) atoms. The molecule has 1 aromatic carbocycles. The lowest BCUT2D eigenvalue weighted by Gasteiger charge is -2.17. The van der Waals surface area contributed by atoms with Gasteiger partial charge >= 0.3 is 0 Å². The monoisotopic (exact) mass is 313 g/mol. The number of halogens is 1. The maximum atomic E-state index is 12.2. The van der Waals surface area contributed by atoms with Crippen LogP contribution in [0.25, 0.3) is 0 Å². The quantitative estimate of drug-likeness (QED) is 0.865. The maximum Gasteiger partial charge on any atom is 0.228 e. The molecule has 2 atom stereocenters. The van der Waals surface area contributed by atoms with Gasteiger partial charge in [0.05, 0.1) is 5.92 Å². The highest BCUT2D eigenvalue weighted by Crippen LogP contribution is 2.39. The molecule has 0 radical (unpaired) electrons. The predicted molar refractivity (Wildman–Crippen MR) is 75.9 cm³/mol. The Labute approximate surface area is 115 Å². The molecule has 0 saturated carbocycles. The second kappa shape index (κ2) is 5.91. The number of benzene rings is 1. The highest BCUT2D eigenvalue weighted by molar-refractivity contribution is 9.09. The lowest BCUT2D eigenvalue weighted by Crippen LogP contribution is -2.38. The molecule has 0 aromatic heterocycles. The summed E-state index contributed by atoms with van der Waals surface area (Å²) >= 11 is 5.20. The lowest BCUT2D eigenvalue weighted by atomic mass is 10.00. The topological polar surface area (TPSA) is 29.1 Å². The third kappa shape index (κ3) is 2.86. The first-order valence-corrected chi connectivity index (χ1v) is 7.95. The van der Waals surface area contributed by atoms with Crippen LogP contribution in [0.5, 0.6) is 0 Å². The Balaban J connectivity index is 2.07. The van der Waals surface area contributed by atoms with E-state index < -0.39 is 0 Å². The van der Waals surface area contributed by atoms with Crippen LogP contribution in [0.3, 0.4) is 0 Å². The molecule has 0 bridgehead atoms. The molecule has 1 aliphatic heterocycles. The molecule has 2 rings (SSSR count). The van der Waals surface area contributed by atoms with Crippen molar-refractivity contribution in [2.75, 3.05) is 11.1 Å². The summed E-state index contributed by atoms with van der Waals surface area (Å²) in [6, 6.07) is 8.43. The highest BCUT2D eigenvalue weighted by atomic mass is 79.9. The first kappa shape index (κ1) is 13.0. The molecule has 2 nitrogen and oxygen atoms in total. The Kier molecular flexibility index (Phi) is 4.51. The summed E-state index contributed by atoms with van der Waals surface area (Å²) in [4.78, 5) is 13.4. The van der Waals surface area contributed by atoms with Crippen molar-refractivity contribution in [2.45, 2.75) is 30.2 Å². The molecule has 1 aliphatic rings. The fourth-order valence-corrected chi connectivity index (χ4v) is 3.78. The van der Waals surface area contributed by atoms with Gasteiger partial charge in [0.15, 0.2) is 0 Å². The molecule has 0 aliphatic carbocycles. The number of amides is 1. The number of carbonyl (C=O) groups is 1. The molecule has 0 fully saturated rings. The Hall–Kier alpha value is -0.480. The predicted octanol–water partition coefficient (Wildman–Crippen LogP) is 3.17. The van der Waals surface area contributed by atoms with E-state index in [4.69, 9.17) is 0 Å². The zero-order valence-electron chi connectivity index (χ0n) is 9.78. The van der Waals surface area contributed by atoms with E-state index in [0.29, 0.717) is 0 Å². The molecule has 92 valence electrons. The van der Waals surface area contributed by atoms with Crippen LogP contribution in [0.15, 0.2) is 29.2 Å². The van der Waals surface area contributed by atoms with E-state index >= 15 is 0 Å². The van der Waals surface area contributed by atoms with Crippen molar-refractivity contribution in [2.24, 2.45) is 0 Å². The molecule has 4 heteroatoms. The largest absolute Gasteiger partial charge is 0.352 e. The number of alkyl halides is 1. The Morgan fingerprint density at radius 2 is 2.35 bits per heavy atom. The number of fused-ring (bicyclic) bond motifs is 1. The van der Waals surface area contributed by atoms with Crippen molar-refractivity contribution < 1.29 is 4.79 Å². The van der Waals surface area contributed by atoms with Gasteiger partial charge in [-0.15, -0.1) is 11.8 Å². The summed E-state index contributed by atoms with van der Waals surface area (Å²) in [6.07, 6.45) is 0.957. The molecule has 1 amide bonds. The fraction of sp³-hybridized carbons (Fsp3) is 0.462. The number of hydrogen-bond acceptors (Lipinski definition) is 2. The summed E-state index contributed by atoms with van der Waals surface area (Å²) in [5, 5.41) is 3.92. The van der Waals surface area contributed by atoms with E-state index in [1.165, 1.54) is 10.5 Å². The van der Waals surface area contributed by atoms with Crippen LogP contribution in [0.1, 0.15) is 24.8 Å². The van der Waals surface area contributed by atoms with E-state index in [2.05, 4.69) is 40.3 Å². The standard InChI is InChI=1S/C13H16BrNOS/c1-2-9(7-14)15-13(16)11-8-17-12-6-4-3-5-10(11)12/h3-6,9,11H,2,7-8H2,1H3,(H,15,16). The van der Waals surface area contributed by atoms with Crippen molar-refractivity contribution in [1.82, 2.24) is 5.32 Å². The van der Waals surface area contributed by atoms with Crippen LogP contribution in [0, 0.1) is 0 Å². The maximum absolute atomic E-state index is 12.2. The summed E-state index contributed by atoms with van der Waals surface area (Å²) in [6.45, 7) is 2.09. The van der Waals surface area contributed by atoms with E-state index in [-0.39, 0.29) is 17.9 Å². The van der Waals surface area contributed by atoms with Gasteiger partial charge in [-0.1, -0.05) is 41.1 Å². The number of nitrogens with one attached hydrogen (secondary N) is 1. The van der Waals surface area contributed by atoms with E-state index in [9.17, 15) is 4.79 Å². The molecule has 2 unspecified atom stereocenters. The molecule has 1 N–H and O–H groups in total. The smallest absolute Gasteiger partial charge is 0.228 e. The molecule has 0 saturated heterocycles. The molecular weight excluding hydrogens is 298 g/mol. The van der Waals surface area contributed by atoms with E-state index in [1.54, 1.807) is 11.8 Å². The van der Waals surface area contributed by atoms with Gasteiger partial charge in [0, 0.05) is 22.0 Å². The Morgan fingerprint density at radius 1 is 1.59 bits per heavy atom. The minimum absolute atomic E-state index is 0.0179. The van der Waals surface area contributed by atoms with Gasteiger partial charge in [0.1, 0.15) is 0 Å². The van der Waals surface area contributed by atoms with Crippen molar-refractivity contribution >= 4 is 33.6 Å². The van der Waals surface area contributed by atoms with Crippen molar-refractivity contribution in [3.8, 4) is 0 Å². The van der Waals surface area contributed by atoms with Crippen LogP contribution < -0.4 is 5.32 Å². The van der Waals surface area contributed by atoms with Gasteiger partial charge in [-0.25, -0.2) is 0 Å². The fourth-order valence-electron chi connectivity index (χ4n) is 1.93. The zero-order chi connectivity index (χ0) is 12.3. The van der Waals surface area contributed by atoms with Crippen LogP contribution in [-0.4, -0.2) is 23.0 Å². The number of carbonyl (C=O) groups excluding carboxylic acids is 1. The van der Waals surface area contributed by atoms with E-state index in [0.717, 1.165) is 17.5 Å². The van der Waals surface area contributed by atoms with Crippen LogP contribution in [0.4, 0.5) is 0 Å². The van der Waals surface area contributed by atoms with Gasteiger partial charge in [-0.2, -0.15) is 0 Å². The normalized spacial score (nSPS) is 19.8. The summed E-state index contributed by atoms with van der Waals surface area (Å²) in [7, 11) is 0. The van der Waals surface area contributed by atoms with Crippen LogP contribution in [-0.2, 0) is 4.79 Å². The van der Waals surface area contributed by atoms with Gasteiger partial charge < -0.3 is 5.32 Å². The Bertz CT molecular complexity index is 406. The van der Waals surface area contributed by atoms with Gasteiger partial charge in [0.25, 0.3) is 0 Å². The minimum Gasteiger partial charge on any atom is -0.352 e. The second-order valence-corrected chi connectivity index (χ2v) is 5.88. The summed E-state index contributed by atoms with van der Waals surface area (Å²) < 4.78 is 0. The molecule has 1 aromatic rings. The molecule has 0 spiro atoms. The zero-order valence-corrected chi connectivity index (χ0v) is 12.2. The average molecular weight is 314 g/mol. The number of hydrogen-bond donors (Lipinski definition) is 1. The number of rotatable bonds is 4. The Morgan fingerprint density at radius 3 is 3.06 bits per heavy atom. The van der Waals surface area contributed by atoms with Gasteiger partial charge in [0.2, 0.25) is 5.91 Å². The third-order valence-electron chi connectivity index (χ3n) is 3.04. The van der Waals surface area contributed by atoms with Crippen LogP contribution in [0.2, 0.25) is 0 Å². The summed E-state index contributed by atoms with van der Waals surface area (Å²) in [5.41, 5.74) is 1.18. The average Bonchev–Trinajstić information content (AvgIpc) is 2.79. The van der Waals surface area contributed by atoms with Crippen LogP contribution >= 0.6 is 27.7 Å². The third-order valence-corrected chi connectivity index (χ3v) is 5.01. The first-order valence-electron chi connectivity index (χ1n) is 5.84. The second-order valence-electron chi connectivity index (χ2n) is 4.17. The SMILES string of the molecule is CCC(CBr)NC(=O)C1CSc2ccccc21. The van der Waals surface area contributed by atoms with Crippen molar-refractivity contribution in [3.63, 3.8) is 0 Å². The minimum atomic E-state index is 0.0179. The van der Waals surface area contributed by atoms with Gasteiger partial charge in [-0.3, -0.25) is 4.79 Å².